The van der Waals surface area contributed by atoms with Gasteiger partial charge in [0, 0.05) is 6.20 Å². The number of amidine groups is 1. The summed E-state index contributed by atoms with van der Waals surface area (Å²) in [6.07, 6.45) is 1.22. The first-order valence-corrected chi connectivity index (χ1v) is 2.39. The van der Waals surface area contributed by atoms with Gasteiger partial charge >= 0.3 is 0 Å². The van der Waals surface area contributed by atoms with Crippen LogP contribution >= 0.6 is 0 Å². The van der Waals surface area contributed by atoms with Gasteiger partial charge in [0.25, 0.3) is 6.42 Å². The highest BCUT2D eigenvalue weighted by Crippen LogP contribution is 2.02. The number of nitrogens with two attached hydrogens (primary N) is 2. The summed E-state index contributed by atoms with van der Waals surface area (Å²) in [6.45, 7) is 0. The third-order valence-corrected chi connectivity index (χ3v) is 0.919. The molecular weight excluding hydrogens is 123 g/mol. The first kappa shape index (κ1) is 6.03. The van der Waals surface area contributed by atoms with Gasteiger partial charge in [0.15, 0.2) is 0 Å². The Hall–Kier alpha value is -1.10. The molecular formula is C4H7FN4. The third-order valence-electron chi connectivity index (χ3n) is 0.919. The van der Waals surface area contributed by atoms with Gasteiger partial charge in [-0.1, -0.05) is 0 Å². The second kappa shape index (κ2) is 2.02. The van der Waals surface area contributed by atoms with Crippen molar-refractivity contribution in [1.29, 1.82) is 0 Å². The van der Waals surface area contributed by atoms with Crippen LogP contribution in [0, 0.1) is 0 Å². The Labute approximate surface area is 51.6 Å². The number of hydrazine groups is 1. The number of rotatable bonds is 0. The zero-order valence-electron chi connectivity index (χ0n) is 4.66. The van der Waals surface area contributed by atoms with Crippen molar-refractivity contribution in [2.45, 2.75) is 6.42 Å². The number of hydrogen-bond acceptors (Lipinski definition) is 4. The van der Waals surface area contributed by atoms with Gasteiger partial charge in [-0.25, -0.2) is 10.8 Å². The van der Waals surface area contributed by atoms with Gasteiger partial charge in [0.1, 0.15) is 5.84 Å². The average Bonchev–Trinajstić information content (AvgIpc) is 1.80. The lowest BCUT2D eigenvalue weighted by Crippen LogP contribution is -2.36. The highest BCUT2D eigenvalue weighted by molar-refractivity contribution is 5.91. The van der Waals surface area contributed by atoms with Gasteiger partial charge in [-0.3, -0.25) is 5.01 Å². The summed E-state index contributed by atoms with van der Waals surface area (Å²) in [5, 5.41) is 0.830. The second-order valence-electron chi connectivity index (χ2n) is 1.63. The Morgan fingerprint density at radius 2 is 2.44 bits per heavy atom. The minimum atomic E-state index is -1.53. The monoisotopic (exact) mass is 130 g/mol. The van der Waals surface area contributed by atoms with Crippen molar-refractivity contribution < 1.29 is 4.39 Å². The van der Waals surface area contributed by atoms with E-state index >= 15 is 0 Å². The summed E-state index contributed by atoms with van der Waals surface area (Å²) >= 11 is 0. The quantitative estimate of drug-likeness (QED) is 0.336. The van der Waals surface area contributed by atoms with E-state index in [2.05, 4.69) is 4.99 Å². The van der Waals surface area contributed by atoms with Gasteiger partial charge < -0.3 is 5.73 Å². The van der Waals surface area contributed by atoms with Crippen molar-refractivity contribution in [3.63, 3.8) is 0 Å². The molecule has 1 unspecified atom stereocenters. The molecule has 0 aromatic rings. The van der Waals surface area contributed by atoms with E-state index in [4.69, 9.17) is 11.6 Å². The summed E-state index contributed by atoms with van der Waals surface area (Å²) in [5.41, 5.74) is 5.13. The zero-order chi connectivity index (χ0) is 6.85. The van der Waals surface area contributed by atoms with Gasteiger partial charge in [-0.15, -0.1) is 0 Å². The maximum absolute atomic E-state index is 12.3. The van der Waals surface area contributed by atoms with Crippen molar-refractivity contribution in [3.8, 4) is 0 Å². The van der Waals surface area contributed by atoms with Crippen molar-refractivity contribution in [2.75, 3.05) is 0 Å². The Balaban J connectivity index is 2.70. The topological polar surface area (TPSA) is 67.6 Å². The smallest absolute Gasteiger partial charge is 0.281 e. The van der Waals surface area contributed by atoms with Crippen LogP contribution in [0.3, 0.4) is 0 Å². The molecule has 0 fully saturated rings. The lowest BCUT2D eigenvalue weighted by molar-refractivity contribution is 0.139. The van der Waals surface area contributed by atoms with Gasteiger partial charge in [-0.05, 0) is 6.08 Å². The van der Waals surface area contributed by atoms with Crippen LogP contribution < -0.4 is 11.6 Å². The normalized spacial score (nSPS) is 26.2. The van der Waals surface area contributed by atoms with Crippen LogP contribution in [0.2, 0.25) is 0 Å². The van der Waals surface area contributed by atoms with Crippen LogP contribution in [0.4, 0.5) is 4.39 Å². The Morgan fingerprint density at radius 1 is 1.78 bits per heavy atom. The lowest BCUT2D eigenvalue weighted by atomic mass is 10.5. The van der Waals surface area contributed by atoms with E-state index < -0.39 is 6.42 Å². The largest absolute Gasteiger partial charge is 0.384 e. The summed E-state index contributed by atoms with van der Waals surface area (Å²) in [6, 6.07) is 0. The number of hydrogen-bond donors (Lipinski definition) is 2. The molecule has 0 aliphatic carbocycles. The predicted octanol–water partition coefficient (Wildman–Crippen LogP) is -0.700. The molecule has 0 saturated heterocycles. The van der Waals surface area contributed by atoms with E-state index in [1.165, 1.54) is 12.3 Å². The molecule has 1 aliphatic rings. The number of aliphatic imine (C=N–C) groups is 1. The second-order valence-corrected chi connectivity index (χ2v) is 1.63. The molecule has 1 heterocycles. The van der Waals surface area contributed by atoms with E-state index in [0.29, 0.717) is 0 Å². The predicted molar refractivity (Wildman–Crippen MR) is 31.7 cm³/mol. The molecule has 1 aliphatic heterocycles. The standard InChI is InChI=1S/C4H7FN4/c5-4-8-3(6)1-2-9(4)7/h1-2,4H,7H2,(H2,6,8). The van der Waals surface area contributed by atoms with Crippen LogP contribution in [0.15, 0.2) is 17.3 Å². The average molecular weight is 130 g/mol. The maximum atomic E-state index is 12.3. The van der Waals surface area contributed by atoms with Gasteiger partial charge in [0.05, 0.1) is 0 Å². The highest BCUT2D eigenvalue weighted by atomic mass is 19.1. The van der Waals surface area contributed by atoms with Crippen LogP contribution in [0.5, 0.6) is 0 Å². The SMILES string of the molecule is NC1=NC(F)N(N)C=C1. The van der Waals surface area contributed by atoms with E-state index in [0.717, 1.165) is 5.01 Å². The lowest BCUT2D eigenvalue weighted by Gasteiger charge is -2.18. The van der Waals surface area contributed by atoms with Crippen LogP contribution in [-0.2, 0) is 0 Å². The molecule has 4 nitrogen and oxygen atoms in total. The molecule has 0 spiro atoms. The Morgan fingerprint density at radius 3 is 2.89 bits per heavy atom. The summed E-state index contributed by atoms with van der Waals surface area (Å²) in [5.74, 6) is 5.21. The molecule has 5 heteroatoms. The maximum Gasteiger partial charge on any atom is 0.281 e. The fourth-order valence-electron chi connectivity index (χ4n) is 0.466. The molecule has 4 N–H and O–H groups in total. The zero-order valence-corrected chi connectivity index (χ0v) is 4.66. The molecule has 1 atom stereocenters. The van der Waals surface area contributed by atoms with Crippen LogP contribution in [-0.4, -0.2) is 17.3 Å². The first-order chi connectivity index (χ1) is 4.20. The number of nitrogens with zero attached hydrogens (tertiary/aromatic N) is 2. The fourth-order valence-corrected chi connectivity index (χ4v) is 0.466. The third kappa shape index (κ3) is 1.17. The number of halogens is 1. The van der Waals surface area contributed by atoms with Crippen molar-refractivity contribution in [2.24, 2.45) is 16.6 Å². The summed E-state index contributed by atoms with van der Waals surface area (Å²) < 4.78 is 12.3. The van der Waals surface area contributed by atoms with E-state index in [9.17, 15) is 4.39 Å². The molecule has 9 heavy (non-hydrogen) atoms. The van der Waals surface area contributed by atoms with E-state index in [-0.39, 0.29) is 5.84 Å². The first-order valence-electron chi connectivity index (χ1n) is 2.39. The van der Waals surface area contributed by atoms with Gasteiger partial charge in [0.2, 0.25) is 0 Å². The van der Waals surface area contributed by atoms with E-state index in [1.807, 2.05) is 0 Å². The van der Waals surface area contributed by atoms with Gasteiger partial charge in [-0.2, -0.15) is 4.39 Å². The van der Waals surface area contributed by atoms with E-state index in [1.54, 1.807) is 0 Å². The number of alkyl halides is 1. The Kier molecular flexibility index (Phi) is 1.35. The van der Waals surface area contributed by atoms with Crippen molar-refractivity contribution in [3.05, 3.63) is 12.3 Å². The van der Waals surface area contributed by atoms with Crippen LogP contribution in [0.1, 0.15) is 0 Å². The fraction of sp³-hybridized carbons (Fsp3) is 0.250. The minimum Gasteiger partial charge on any atom is -0.384 e. The van der Waals surface area contributed by atoms with Crippen LogP contribution in [0.25, 0.3) is 0 Å². The minimum absolute atomic E-state index is 0.157. The van der Waals surface area contributed by atoms with Crippen molar-refractivity contribution in [1.82, 2.24) is 5.01 Å². The molecule has 0 bridgehead atoms. The molecule has 0 amide bonds. The summed E-state index contributed by atoms with van der Waals surface area (Å²) in [4.78, 5) is 3.31. The Bertz CT molecular complexity index is 164. The molecule has 50 valence electrons. The highest BCUT2D eigenvalue weighted by Gasteiger charge is 2.11. The molecule has 0 radical (unpaired) electrons. The molecule has 0 saturated carbocycles. The molecule has 1 rings (SSSR count). The van der Waals surface area contributed by atoms with Crippen molar-refractivity contribution >= 4 is 5.84 Å². The molecule has 0 aromatic heterocycles. The summed E-state index contributed by atoms with van der Waals surface area (Å²) in [7, 11) is 0. The molecule has 0 aromatic carbocycles.